The Balaban J connectivity index is 0.000000241. The molecule has 0 aliphatic rings. The number of carboxylic acid groups (broad SMARTS) is 2. The fourth-order valence-electron chi connectivity index (χ4n) is 2.52. The van der Waals surface area contributed by atoms with Gasteiger partial charge in [0.1, 0.15) is 11.4 Å². The van der Waals surface area contributed by atoms with Gasteiger partial charge in [-0.3, -0.25) is 8.97 Å². The first-order valence-electron chi connectivity index (χ1n) is 10.1. The van der Waals surface area contributed by atoms with Crippen LogP contribution in [-0.2, 0) is 0 Å². The molecule has 0 N–H and O–H groups in total. The van der Waals surface area contributed by atoms with Crippen molar-refractivity contribution in [1.82, 2.24) is 8.97 Å². The molecule has 0 aliphatic carbocycles. The highest BCUT2D eigenvalue weighted by molar-refractivity contribution is 5.91. The molecule has 0 spiro atoms. The van der Waals surface area contributed by atoms with Crippen molar-refractivity contribution in [2.75, 3.05) is 42.3 Å². The zero-order valence-corrected chi connectivity index (χ0v) is 19.6. The lowest BCUT2D eigenvalue weighted by Crippen LogP contribution is -2.34. The second kappa shape index (κ2) is 11.8. The van der Waals surface area contributed by atoms with E-state index >= 15 is 0 Å². The van der Waals surface area contributed by atoms with Crippen molar-refractivity contribution in [2.45, 2.75) is 0 Å². The van der Waals surface area contributed by atoms with E-state index < -0.39 is 11.9 Å². The molecule has 170 valence electrons. The van der Waals surface area contributed by atoms with Gasteiger partial charge in [0.05, 0.1) is 54.2 Å². The molecule has 0 atom stereocenters. The van der Waals surface area contributed by atoms with Gasteiger partial charge in [0.15, 0.2) is 0 Å². The summed E-state index contributed by atoms with van der Waals surface area (Å²) in [6.07, 6.45) is 0. The third-order valence-corrected chi connectivity index (χ3v) is 4.40. The summed E-state index contributed by atoms with van der Waals surface area (Å²) in [5.74, 6) is -2.81. The number of rotatable bonds is 4. The number of para-hydroxylation sites is 2. The van der Waals surface area contributed by atoms with Gasteiger partial charge < -0.3 is 19.8 Å². The lowest BCUT2D eigenvalue weighted by atomic mass is 10.1. The van der Waals surface area contributed by atoms with E-state index in [9.17, 15) is 19.8 Å². The molecule has 0 unspecified atom stereocenters. The Morgan fingerprint density at radius 1 is 0.531 bits per heavy atom. The van der Waals surface area contributed by atoms with Crippen LogP contribution < -0.4 is 19.2 Å². The van der Waals surface area contributed by atoms with Crippen molar-refractivity contribution < 1.29 is 19.8 Å². The Hall–Kier alpha value is -3.48. The fourth-order valence-corrected chi connectivity index (χ4v) is 2.52. The highest BCUT2D eigenvalue weighted by atomic mass is 16.4. The van der Waals surface area contributed by atoms with E-state index in [1.54, 1.807) is 0 Å². The molecule has 0 amide bonds. The van der Waals surface area contributed by atoms with E-state index in [1.807, 2.05) is 12.1 Å². The summed E-state index contributed by atoms with van der Waals surface area (Å²) in [6.45, 7) is 0. The van der Waals surface area contributed by atoms with Crippen LogP contribution >= 0.6 is 0 Å². The molecule has 6 nitrogen and oxygen atoms in total. The molecule has 3 rings (SSSR count). The van der Waals surface area contributed by atoms with E-state index in [2.05, 4.69) is 90.8 Å². The number of quaternary nitrogens is 2. The molecular weight excluding hydrogens is 404 g/mol. The highest BCUT2D eigenvalue weighted by Crippen LogP contribution is 2.15. The van der Waals surface area contributed by atoms with Crippen molar-refractivity contribution in [1.29, 1.82) is 0 Å². The van der Waals surface area contributed by atoms with Gasteiger partial charge in [0.25, 0.3) is 0 Å². The lowest BCUT2D eigenvalue weighted by molar-refractivity contribution is -0.255. The third kappa shape index (κ3) is 9.55. The molecular formula is C26H32N2O4. The molecule has 0 saturated carbocycles. The third-order valence-electron chi connectivity index (χ3n) is 4.40. The Bertz CT molecular complexity index is 911. The van der Waals surface area contributed by atoms with Crippen LogP contribution in [0, 0.1) is 0 Å². The maximum absolute atomic E-state index is 10.3. The molecule has 32 heavy (non-hydrogen) atoms. The van der Waals surface area contributed by atoms with E-state index in [1.165, 1.54) is 29.6 Å². The summed E-state index contributed by atoms with van der Waals surface area (Å²) in [4.78, 5) is 20.5. The minimum atomic E-state index is -1.40. The van der Waals surface area contributed by atoms with Crippen molar-refractivity contribution >= 4 is 23.3 Å². The van der Waals surface area contributed by atoms with Crippen LogP contribution in [0.1, 0.15) is 20.7 Å². The average molecular weight is 437 g/mol. The summed E-state index contributed by atoms with van der Waals surface area (Å²) in [5, 5.41) is 20.5. The number of carbonyl (C=O) groups is 2. The van der Waals surface area contributed by atoms with Crippen LogP contribution in [0.15, 0.2) is 84.9 Å². The second-order valence-corrected chi connectivity index (χ2v) is 8.85. The molecule has 0 heterocycles. The molecule has 0 bridgehead atoms. The predicted molar refractivity (Wildman–Crippen MR) is 127 cm³/mol. The summed E-state index contributed by atoms with van der Waals surface area (Å²) >= 11 is 0. The SMILES string of the molecule is C[N+](C)(C)c1ccccc1.C[N+](C)(C)c1ccccc1.O=C([O-])c1cccc(C(=O)[O-])c1. The lowest BCUT2D eigenvalue weighted by Gasteiger charge is -2.22. The second-order valence-electron chi connectivity index (χ2n) is 8.85. The highest BCUT2D eigenvalue weighted by Gasteiger charge is 2.09. The summed E-state index contributed by atoms with van der Waals surface area (Å²) in [6, 6.07) is 25.7. The Kier molecular flexibility index (Phi) is 9.78. The van der Waals surface area contributed by atoms with Crippen LogP contribution in [-0.4, -0.2) is 54.2 Å². The Morgan fingerprint density at radius 2 is 0.844 bits per heavy atom. The topological polar surface area (TPSA) is 80.3 Å². The van der Waals surface area contributed by atoms with E-state index in [0.29, 0.717) is 0 Å². The number of nitrogens with zero attached hydrogens (tertiary/aromatic N) is 2. The number of hydrogen-bond donors (Lipinski definition) is 0. The molecule has 3 aromatic rings. The van der Waals surface area contributed by atoms with Gasteiger partial charge in [-0.15, -0.1) is 0 Å². The normalized spacial score (nSPS) is 10.7. The molecule has 0 radical (unpaired) electrons. The summed E-state index contributed by atoms with van der Waals surface area (Å²) < 4.78 is 1.78. The van der Waals surface area contributed by atoms with E-state index in [4.69, 9.17) is 0 Å². The Labute approximate surface area is 190 Å². The zero-order chi connectivity index (χ0) is 24.4. The molecule has 3 aromatic carbocycles. The van der Waals surface area contributed by atoms with Crippen molar-refractivity contribution in [2.24, 2.45) is 0 Å². The molecule has 0 fully saturated rings. The average Bonchev–Trinajstić information content (AvgIpc) is 2.75. The standard InChI is InChI=1S/2C9H14N.C8H6O4/c2*1-10(2,3)9-7-5-4-6-8-9;9-7(10)5-2-1-3-6(4-5)8(11)12/h2*4-8H,1-3H3;1-4H,(H,9,10)(H,11,12)/q2*+1;/p-2. The molecule has 0 saturated heterocycles. The van der Waals surface area contributed by atoms with Gasteiger partial charge in [0.2, 0.25) is 0 Å². The van der Waals surface area contributed by atoms with Crippen LogP contribution in [0.4, 0.5) is 11.4 Å². The maximum atomic E-state index is 10.3. The Morgan fingerprint density at radius 3 is 1.06 bits per heavy atom. The zero-order valence-electron chi connectivity index (χ0n) is 19.6. The first kappa shape index (κ1) is 26.6. The maximum Gasteiger partial charge on any atom is 0.132 e. The van der Waals surface area contributed by atoms with Crippen LogP contribution in [0.2, 0.25) is 0 Å². The number of hydrogen-bond acceptors (Lipinski definition) is 4. The summed E-state index contributed by atoms with van der Waals surface area (Å²) in [7, 11) is 13.0. The van der Waals surface area contributed by atoms with Gasteiger partial charge in [-0.05, 0) is 41.5 Å². The molecule has 0 aromatic heterocycles. The number of aromatic carboxylic acids is 2. The quantitative estimate of drug-likeness (QED) is 0.587. The first-order chi connectivity index (χ1) is 14.8. The first-order valence-corrected chi connectivity index (χ1v) is 10.1. The van der Waals surface area contributed by atoms with E-state index in [0.717, 1.165) is 15.0 Å². The number of carbonyl (C=O) groups excluding carboxylic acids is 2. The van der Waals surface area contributed by atoms with Gasteiger partial charge in [-0.25, -0.2) is 0 Å². The molecule has 6 heteroatoms. The molecule has 0 aliphatic heterocycles. The van der Waals surface area contributed by atoms with Crippen LogP contribution in [0.5, 0.6) is 0 Å². The fraction of sp³-hybridized carbons (Fsp3) is 0.231. The smallest absolute Gasteiger partial charge is 0.132 e. The van der Waals surface area contributed by atoms with Crippen molar-refractivity contribution in [3.05, 3.63) is 96.1 Å². The van der Waals surface area contributed by atoms with Gasteiger partial charge in [-0.2, -0.15) is 0 Å². The number of carboxylic acids is 2. The van der Waals surface area contributed by atoms with Crippen molar-refractivity contribution in [3.8, 4) is 0 Å². The van der Waals surface area contributed by atoms with Gasteiger partial charge in [0, 0.05) is 0 Å². The monoisotopic (exact) mass is 436 g/mol. The van der Waals surface area contributed by atoms with Gasteiger partial charge >= 0.3 is 0 Å². The van der Waals surface area contributed by atoms with Crippen molar-refractivity contribution in [3.63, 3.8) is 0 Å². The van der Waals surface area contributed by atoms with Crippen LogP contribution in [0.3, 0.4) is 0 Å². The van der Waals surface area contributed by atoms with Gasteiger partial charge in [-0.1, -0.05) is 54.6 Å². The minimum Gasteiger partial charge on any atom is -0.545 e. The number of benzene rings is 3. The minimum absolute atomic E-state index is 0.170. The van der Waals surface area contributed by atoms with E-state index in [-0.39, 0.29) is 11.1 Å². The largest absolute Gasteiger partial charge is 0.545 e. The van der Waals surface area contributed by atoms with Crippen LogP contribution in [0.25, 0.3) is 0 Å². The summed E-state index contributed by atoms with van der Waals surface area (Å²) in [5.41, 5.74) is 2.33. The predicted octanol–water partition coefficient (Wildman–Crippen LogP) is 2.18.